The van der Waals surface area contributed by atoms with E-state index in [9.17, 15) is 4.79 Å². The molecule has 134 valence electrons. The average molecular weight is 353 g/mol. The summed E-state index contributed by atoms with van der Waals surface area (Å²) in [4.78, 5) is 21.6. The summed E-state index contributed by atoms with van der Waals surface area (Å²) in [5, 5.41) is 3.01. The fraction of sp³-hybridized carbons (Fsp3) is 0.765. The number of likely N-dealkylation sites (tertiary alicyclic amines) is 1. The zero-order chi connectivity index (χ0) is 17.2. The highest BCUT2D eigenvalue weighted by Gasteiger charge is 2.47. The van der Waals surface area contributed by atoms with Crippen molar-refractivity contribution in [3.8, 4) is 0 Å². The van der Waals surface area contributed by atoms with Gasteiger partial charge in [-0.05, 0) is 26.2 Å². The predicted octanol–water partition coefficient (Wildman–Crippen LogP) is 2.09. The number of hydrogen-bond acceptors (Lipinski definition) is 5. The summed E-state index contributed by atoms with van der Waals surface area (Å²) in [6.45, 7) is 6.75. The van der Waals surface area contributed by atoms with E-state index in [1.807, 2.05) is 5.51 Å². The maximum absolute atomic E-state index is 11.8. The summed E-state index contributed by atoms with van der Waals surface area (Å²) < 4.78 is 6.01. The Morgan fingerprint density at radius 3 is 3.12 bits per heavy atom. The molecule has 1 aromatic rings. The number of ether oxygens (including phenoxy) is 1. The molecule has 2 amide bonds. The monoisotopic (exact) mass is 352 g/mol. The molecule has 0 spiro atoms. The Bertz CT molecular complexity index is 577. The third-order valence-corrected chi connectivity index (χ3v) is 6.29. The van der Waals surface area contributed by atoms with Gasteiger partial charge in [-0.25, -0.2) is 9.78 Å². The van der Waals surface area contributed by atoms with Gasteiger partial charge in [-0.15, -0.1) is 11.3 Å². The lowest BCUT2D eigenvalue weighted by molar-refractivity contribution is -0.0237. The number of thiazole rings is 1. The van der Waals surface area contributed by atoms with Gasteiger partial charge in [0.1, 0.15) is 0 Å². The second kappa shape index (κ2) is 7.37. The highest BCUT2D eigenvalue weighted by atomic mass is 32.1. The molecule has 7 heteroatoms. The van der Waals surface area contributed by atoms with Crippen LogP contribution in [0, 0.1) is 12.3 Å². The van der Waals surface area contributed by atoms with E-state index in [4.69, 9.17) is 4.74 Å². The van der Waals surface area contributed by atoms with Crippen LogP contribution in [0.3, 0.4) is 0 Å². The van der Waals surface area contributed by atoms with Crippen molar-refractivity contribution in [2.45, 2.75) is 38.8 Å². The van der Waals surface area contributed by atoms with Crippen LogP contribution in [0.15, 0.2) is 5.51 Å². The van der Waals surface area contributed by atoms with E-state index >= 15 is 0 Å². The fourth-order valence-corrected chi connectivity index (χ4v) is 4.71. The lowest BCUT2D eigenvalue weighted by atomic mass is 9.74. The fourth-order valence-electron chi connectivity index (χ4n) is 3.89. The third kappa shape index (κ3) is 3.73. The molecule has 2 aliphatic rings. The Hall–Kier alpha value is -1.18. The lowest BCUT2D eigenvalue weighted by Gasteiger charge is -2.44. The van der Waals surface area contributed by atoms with Gasteiger partial charge in [-0.2, -0.15) is 0 Å². The van der Waals surface area contributed by atoms with Gasteiger partial charge >= 0.3 is 6.03 Å². The smallest absolute Gasteiger partial charge is 0.316 e. The molecule has 2 fully saturated rings. The summed E-state index contributed by atoms with van der Waals surface area (Å²) in [6.07, 6.45) is 3.50. The van der Waals surface area contributed by atoms with Crippen molar-refractivity contribution in [1.29, 1.82) is 0 Å². The van der Waals surface area contributed by atoms with Gasteiger partial charge in [0.15, 0.2) is 0 Å². The molecule has 2 aliphatic heterocycles. The van der Waals surface area contributed by atoms with Crippen LogP contribution < -0.4 is 5.32 Å². The number of nitrogens with zero attached hydrogens (tertiary/aromatic N) is 3. The maximum atomic E-state index is 11.8. The molecule has 24 heavy (non-hydrogen) atoms. The minimum atomic E-state index is -0.0187. The van der Waals surface area contributed by atoms with Crippen LogP contribution in [-0.2, 0) is 11.3 Å². The van der Waals surface area contributed by atoms with Crippen LogP contribution in [0.2, 0.25) is 0 Å². The number of aryl methyl sites for hydroxylation is 1. The Morgan fingerprint density at radius 1 is 1.58 bits per heavy atom. The van der Waals surface area contributed by atoms with E-state index in [1.54, 1.807) is 30.3 Å². The van der Waals surface area contributed by atoms with E-state index in [0.717, 1.165) is 51.2 Å². The second-order valence-electron chi connectivity index (χ2n) is 7.21. The van der Waals surface area contributed by atoms with Crippen molar-refractivity contribution in [1.82, 2.24) is 20.1 Å². The first-order valence-electron chi connectivity index (χ1n) is 8.68. The van der Waals surface area contributed by atoms with Gasteiger partial charge in [-0.3, -0.25) is 4.90 Å². The molecular weight excluding hydrogens is 324 g/mol. The third-order valence-electron chi connectivity index (χ3n) is 5.37. The second-order valence-corrected chi connectivity index (χ2v) is 8.15. The zero-order valence-electron chi connectivity index (χ0n) is 14.9. The quantitative estimate of drug-likeness (QED) is 0.882. The van der Waals surface area contributed by atoms with Crippen molar-refractivity contribution in [3.63, 3.8) is 0 Å². The number of carbonyl (C=O) groups is 1. The number of hydrogen-bond donors (Lipinski definition) is 1. The first kappa shape index (κ1) is 17.6. The van der Waals surface area contributed by atoms with Crippen molar-refractivity contribution in [2.24, 2.45) is 5.41 Å². The number of rotatable bonds is 5. The largest absolute Gasteiger partial charge is 0.378 e. The number of carbonyl (C=O) groups excluding carboxylic acids is 1. The topological polar surface area (TPSA) is 57.7 Å². The van der Waals surface area contributed by atoms with Gasteiger partial charge in [-0.1, -0.05) is 0 Å². The Labute approximate surface area is 148 Å². The molecule has 0 aromatic carbocycles. The van der Waals surface area contributed by atoms with Gasteiger partial charge in [0.05, 0.1) is 17.3 Å². The van der Waals surface area contributed by atoms with Crippen molar-refractivity contribution < 1.29 is 9.53 Å². The number of amides is 2. The van der Waals surface area contributed by atoms with Crippen LogP contribution >= 0.6 is 11.3 Å². The van der Waals surface area contributed by atoms with Gasteiger partial charge in [0.25, 0.3) is 0 Å². The van der Waals surface area contributed by atoms with E-state index < -0.39 is 0 Å². The van der Waals surface area contributed by atoms with Crippen LogP contribution in [0.4, 0.5) is 4.79 Å². The van der Waals surface area contributed by atoms with Gasteiger partial charge < -0.3 is 15.0 Å². The molecule has 3 heterocycles. The molecule has 1 aromatic heterocycles. The minimum Gasteiger partial charge on any atom is -0.378 e. The van der Waals surface area contributed by atoms with Gasteiger partial charge in [0, 0.05) is 57.2 Å². The Kier molecular flexibility index (Phi) is 5.42. The normalized spacial score (nSPS) is 27.0. The van der Waals surface area contributed by atoms with E-state index in [0.29, 0.717) is 12.6 Å². The van der Waals surface area contributed by atoms with Crippen LogP contribution in [-0.4, -0.2) is 67.3 Å². The lowest BCUT2D eigenvalue weighted by Crippen LogP contribution is -2.50. The molecule has 1 N–H and O–H groups in total. The van der Waals surface area contributed by atoms with Crippen LogP contribution in [0.25, 0.3) is 0 Å². The summed E-state index contributed by atoms with van der Waals surface area (Å²) in [6, 6.07) is -0.0187. The SMILES string of the molecule is Cc1ncsc1CN1CC[C@H]2OCC[C@@]2(CCNC(=O)N(C)C)C1. The average Bonchev–Trinajstić information content (AvgIpc) is 3.13. The predicted molar refractivity (Wildman–Crippen MR) is 95.2 cm³/mol. The highest BCUT2D eigenvalue weighted by Crippen LogP contribution is 2.43. The molecule has 0 saturated carbocycles. The molecule has 6 nitrogen and oxygen atoms in total. The number of fused-ring (bicyclic) bond motifs is 1. The standard InChI is InChI=1S/C17H28N4O2S/c1-13-14(24-12-19-13)10-21-8-4-15-17(11-21,6-9-23-15)5-7-18-16(22)20(2)3/h12,15H,4-11H2,1-3H3,(H,18,22)/t15-,17+/m1/s1. The first-order valence-corrected chi connectivity index (χ1v) is 9.56. The molecule has 2 atom stereocenters. The molecule has 0 aliphatic carbocycles. The molecule has 2 saturated heterocycles. The zero-order valence-corrected chi connectivity index (χ0v) is 15.7. The number of piperidine rings is 1. The number of urea groups is 1. The van der Waals surface area contributed by atoms with Crippen molar-refractivity contribution >= 4 is 17.4 Å². The van der Waals surface area contributed by atoms with Gasteiger partial charge in [0.2, 0.25) is 0 Å². The molecule has 0 unspecified atom stereocenters. The highest BCUT2D eigenvalue weighted by molar-refractivity contribution is 7.09. The first-order chi connectivity index (χ1) is 11.5. The van der Waals surface area contributed by atoms with E-state index in [2.05, 4.69) is 22.1 Å². The van der Waals surface area contributed by atoms with E-state index in [-0.39, 0.29) is 11.4 Å². The van der Waals surface area contributed by atoms with E-state index in [1.165, 1.54) is 4.88 Å². The summed E-state index contributed by atoms with van der Waals surface area (Å²) >= 11 is 1.75. The van der Waals surface area contributed by atoms with Crippen molar-refractivity contribution in [2.75, 3.05) is 40.3 Å². The number of nitrogens with one attached hydrogen (secondary N) is 1. The minimum absolute atomic E-state index is 0.0187. The molecule has 0 radical (unpaired) electrons. The summed E-state index contributed by atoms with van der Waals surface area (Å²) in [7, 11) is 3.55. The Balaban J connectivity index is 1.60. The molecular formula is C17H28N4O2S. The molecule has 3 rings (SSSR count). The maximum Gasteiger partial charge on any atom is 0.316 e. The van der Waals surface area contributed by atoms with Crippen molar-refractivity contribution in [3.05, 3.63) is 16.1 Å². The Morgan fingerprint density at radius 2 is 2.42 bits per heavy atom. The summed E-state index contributed by atoms with van der Waals surface area (Å²) in [5.74, 6) is 0. The molecule has 0 bridgehead atoms. The number of aromatic nitrogens is 1. The van der Waals surface area contributed by atoms with Crippen LogP contribution in [0.1, 0.15) is 29.8 Å². The summed E-state index contributed by atoms with van der Waals surface area (Å²) in [5.41, 5.74) is 3.26. The van der Waals surface area contributed by atoms with Crippen LogP contribution in [0.5, 0.6) is 0 Å².